The Labute approximate surface area is 192 Å². The standard InChI is InChI=1S/C26H36N6/c1-13-14(2)22(26(11,12)24-29-16(4)15(3)17(5)30-24)32-31-21(13)25(9,10)23-20(8)27-18(6)19(7)28-23/h1-12H3. The first-order valence-electron chi connectivity index (χ1n) is 11.2. The van der Waals surface area contributed by atoms with Crippen LogP contribution in [-0.2, 0) is 10.8 Å². The van der Waals surface area contributed by atoms with Gasteiger partial charge in [0.1, 0.15) is 5.82 Å². The summed E-state index contributed by atoms with van der Waals surface area (Å²) in [6, 6.07) is 0. The van der Waals surface area contributed by atoms with Crippen molar-refractivity contribution in [1.82, 2.24) is 30.1 Å². The van der Waals surface area contributed by atoms with Crippen LogP contribution in [0.3, 0.4) is 0 Å². The second-order valence-corrected chi connectivity index (χ2v) is 10.1. The van der Waals surface area contributed by atoms with Crippen molar-refractivity contribution in [3.63, 3.8) is 0 Å². The molecule has 3 heterocycles. The number of nitrogens with zero attached hydrogens (tertiary/aromatic N) is 6. The molecule has 0 unspecified atom stereocenters. The van der Waals surface area contributed by atoms with Crippen LogP contribution in [0, 0.1) is 55.4 Å². The van der Waals surface area contributed by atoms with Crippen molar-refractivity contribution in [2.45, 2.75) is 93.9 Å². The van der Waals surface area contributed by atoms with E-state index < -0.39 is 10.8 Å². The molecule has 0 saturated carbocycles. The summed E-state index contributed by atoms with van der Waals surface area (Å²) in [4.78, 5) is 19.2. The van der Waals surface area contributed by atoms with E-state index >= 15 is 0 Å². The van der Waals surface area contributed by atoms with Gasteiger partial charge in [-0.15, -0.1) is 0 Å². The minimum Gasteiger partial charge on any atom is -0.255 e. The van der Waals surface area contributed by atoms with Crippen molar-refractivity contribution in [3.05, 3.63) is 68.1 Å². The van der Waals surface area contributed by atoms with Crippen molar-refractivity contribution in [2.75, 3.05) is 0 Å². The fourth-order valence-corrected chi connectivity index (χ4v) is 4.37. The first-order chi connectivity index (χ1) is 14.7. The number of rotatable bonds is 4. The number of aromatic nitrogens is 6. The van der Waals surface area contributed by atoms with Gasteiger partial charge < -0.3 is 0 Å². The van der Waals surface area contributed by atoms with Gasteiger partial charge in [-0.2, -0.15) is 10.2 Å². The molecule has 3 aromatic heterocycles. The van der Waals surface area contributed by atoms with E-state index in [-0.39, 0.29) is 0 Å². The lowest BCUT2D eigenvalue weighted by molar-refractivity contribution is 0.525. The Kier molecular flexibility index (Phi) is 5.96. The average molecular weight is 433 g/mol. The summed E-state index contributed by atoms with van der Waals surface area (Å²) in [5.74, 6) is 0.776. The van der Waals surface area contributed by atoms with E-state index in [1.165, 1.54) is 0 Å². The Bertz CT molecular complexity index is 1180. The second-order valence-electron chi connectivity index (χ2n) is 10.1. The molecule has 0 aromatic carbocycles. The van der Waals surface area contributed by atoms with Gasteiger partial charge >= 0.3 is 0 Å². The molecule has 0 saturated heterocycles. The maximum absolute atomic E-state index is 4.89. The Morgan fingerprint density at radius 3 is 1.34 bits per heavy atom. The van der Waals surface area contributed by atoms with Crippen LogP contribution in [0.25, 0.3) is 0 Å². The molecule has 0 aliphatic heterocycles. The summed E-state index contributed by atoms with van der Waals surface area (Å²) in [6.45, 7) is 24.9. The third-order valence-corrected chi connectivity index (χ3v) is 6.97. The zero-order chi connectivity index (χ0) is 24.2. The van der Waals surface area contributed by atoms with Crippen molar-refractivity contribution in [1.29, 1.82) is 0 Å². The van der Waals surface area contributed by atoms with E-state index in [9.17, 15) is 0 Å². The first kappa shape index (κ1) is 23.9. The van der Waals surface area contributed by atoms with Crippen LogP contribution in [0.2, 0.25) is 0 Å². The minimum absolute atomic E-state index is 0.423. The average Bonchev–Trinajstić information content (AvgIpc) is 2.69. The molecule has 6 heteroatoms. The van der Waals surface area contributed by atoms with E-state index in [4.69, 9.17) is 30.1 Å². The van der Waals surface area contributed by atoms with Crippen LogP contribution in [0.5, 0.6) is 0 Å². The van der Waals surface area contributed by atoms with Gasteiger partial charge in [-0.05, 0) is 99.8 Å². The molecule has 0 bridgehead atoms. The summed E-state index contributed by atoms with van der Waals surface area (Å²) in [6.07, 6.45) is 0. The zero-order valence-electron chi connectivity index (χ0n) is 21.7. The molecule has 0 aliphatic rings. The number of hydrogen-bond acceptors (Lipinski definition) is 6. The van der Waals surface area contributed by atoms with Crippen molar-refractivity contribution < 1.29 is 0 Å². The van der Waals surface area contributed by atoms with Gasteiger partial charge in [0.05, 0.1) is 45.0 Å². The molecular weight excluding hydrogens is 396 g/mol. The molecule has 0 radical (unpaired) electrons. The molecule has 3 rings (SSSR count). The van der Waals surface area contributed by atoms with Gasteiger partial charge in [0.15, 0.2) is 0 Å². The van der Waals surface area contributed by atoms with Crippen LogP contribution in [0.4, 0.5) is 0 Å². The third-order valence-electron chi connectivity index (χ3n) is 6.97. The lowest BCUT2D eigenvalue weighted by Gasteiger charge is -2.30. The fourth-order valence-electron chi connectivity index (χ4n) is 4.37. The van der Waals surface area contributed by atoms with E-state index in [0.29, 0.717) is 0 Å². The van der Waals surface area contributed by atoms with Gasteiger partial charge in [-0.25, -0.2) is 9.97 Å². The predicted octanol–water partition coefficient (Wildman–Crippen LogP) is 5.18. The number of aryl methyl sites for hydroxylation is 5. The van der Waals surface area contributed by atoms with Gasteiger partial charge in [-0.3, -0.25) is 9.97 Å². The van der Waals surface area contributed by atoms with Gasteiger partial charge in [-0.1, -0.05) is 0 Å². The Balaban J connectivity index is 2.16. The van der Waals surface area contributed by atoms with Crippen molar-refractivity contribution in [2.24, 2.45) is 0 Å². The maximum Gasteiger partial charge on any atom is 0.140 e. The topological polar surface area (TPSA) is 77.3 Å². The highest BCUT2D eigenvalue weighted by Crippen LogP contribution is 2.37. The van der Waals surface area contributed by atoms with Crippen LogP contribution in [-0.4, -0.2) is 30.1 Å². The monoisotopic (exact) mass is 432 g/mol. The molecule has 0 amide bonds. The summed E-state index contributed by atoms with van der Waals surface area (Å²) in [5.41, 5.74) is 10.1. The molecule has 0 N–H and O–H groups in total. The molecule has 0 fully saturated rings. The molecule has 0 aliphatic carbocycles. The van der Waals surface area contributed by atoms with Gasteiger partial charge in [0.2, 0.25) is 0 Å². The highest BCUT2D eigenvalue weighted by atomic mass is 15.1. The van der Waals surface area contributed by atoms with Crippen molar-refractivity contribution >= 4 is 0 Å². The lowest BCUT2D eigenvalue weighted by atomic mass is 9.78. The Hall–Kier alpha value is -2.76. The highest BCUT2D eigenvalue weighted by Gasteiger charge is 2.36. The van der Waals surface area contributed by atoms with E-state index in [1.54, 1.807) is 0 Å². The van der Waals surface area contributed by atoms with Crippen molar-refractivity contribution in [3.8, 4) is 0 Å². The molecule has 3 aromatic rings. The zero-order valence-corrected chi connectivity index (χ0v) is 21.7. The Morgan fingerprint density at radius 2 is 0.844 bits per heavy atom. The summed E-state index contributed by atoms with van der Waals surface area (Å²) < 4.78 is 0. The SMILES string of the molecule is Cc1nc(C)c(C(C)(C)c2nnc(C(C)(C)c3nc(C)c(C)c(C)n3)c(C)c2C)nc1C. The molecule has 170 valence electrons. The molecule has 6 nitrogen and oxygen atoms in total. The third kappa shape index (κ3) is 3.80. The van der Waals surface area contributed by atoms with E-state index in [1.807, 2.05) is 34.6 Å². The molecule has 0 atom stereocenters. The van der Waals surface area contributed by atoms with Gasteiger partial charge in [0.25, 0.3) is 0 Å². The summed E-state index contributed by atoms with van der Waals surface area (Å²) in [5, 5.41) is 9.51. The van der Waals surface area contributed by atoms with Crippen LogP contribution in [0.1, 0.15) is 95.8 Å². The first-order valence-corrected chi connectivity index (χ1v) is 11.2. The fraction of sp³-hybridized carbons (Fsp3) is 0.538. The summed E-state index contributed by atoms with van der Waals surface area (Å²) >= 11 is 0. The molecule has 0 spiro atoms. The quantitative estimate of drug-likeness (QED) is 0.565. The van der Waals surface area contributed by atoms with E-state index in [0.717, 1.165) is 68.1 Å². The summed E-state index contributed by atoms with van der Waals surface area (Å²) in [7, 11) is 0. The van der Waals surface area contributed by atoms with Crippen LogP contribution in [0.15, 0.2) is 0 Å². The smallest absolute Gasteiger partial charge is 0.140 e. The predicted molar refractivity (Wildman–Crippen MR) is 128 cm³/mol. The van der Waals surface area contributed by atoms with Crippen LogP contribution >= 0.6 is 0 Å². The van der Waals surface area contributed by atoms with Gasteiger partial charge in [0, 0.05) is 11.4 Å². The second kappa shape index (κ2) is 7.98. The maximum atomic E-state index is 4.89. The van der Waals surface area contributed by atoms with Crippen LogP contribution < -0.4 is 0 Å². The number of hydrogen-bond donors (Lipinski definition) is 0. The molecule has 32 heavy (non-hydrogen) atoms. The Morgan fingerprint density at radius 1 is 0.406 bits per heavy atom. The lowest BCUT2D eigenvalue weighted by Crippen LogP contribution is -2.31. The normalized spacial score (nSPS) is 12.4. The highest BCUT2D eigenvalue weighted by molar-refractivity contribution is 5.44. The minimum atomic E-state index is -0.468. The van der Waals surface area contributed by atoms with E-state index in [2.05, 4.69) is 48.5 Å². The molecular formula is C26H36N6. The largest absolute Gasteiger partial charge is 0.255 e.